The Kier molecular flexibility index (Phi) is 2.34. The number of H-pyrrole nitrogens is 1. The topological polar surface area (TPSA) is 97.5 Å². The molecule has 7 heteroatoms. The number of hydrogen-bond acceptors (Lipinski definition) is 6. The third kappa shape index (κ3) is 1.65. The largest absolute Gasteiger partial charge is 0.368 e. The third-order valence-corrected chi connectivity index (χ3v) is 3.71. The molecule has 0 aliphatic carbocycles. The first kappa shape index (κ1) is 10.8. The molecule has 0 aliphatic heterocycles. The molecule has 6 nitrogen and oxygen atoms in total. The minimum atomic E-state index is 0.0386. The number of nitrogen functional groups attached to an aromatic ring is 1. The molecular weight excluding hydrogens is 250 g/mol. The van der Waals surface area contributed by atoms with Gasteiger partial charge in [0.05, 0.1) is 27.0 Å². The zero-order chi connectivity index (χ0) is 12.7. The molecule has 0 amide bonds. The second kappa shape index (κ2) is 3.88. The maximum atomic E-state index is 11.3. The van der Waals surface area contributed by atoms with Crippen LogP contribution in [0, 0.1) is 0 Å². The fourth-order valence-electron chi connectivity index (χ4n) is 1.69. The van der Waals surface area contributed by atoms with E-state index in [0.29, 0.717) is 16.2 Å². The van der Waals surface area contributed by atoms with Gasteiger partial charge in [-0.05, 0) is 19.1 Å². The minimum Gasteiger partial charge on any atom is -0.368 e. The lowest BCUT2D eigenvalue weighted by Crippen LogP contribution is -1.96. The molecule has 0 atom stereocenters. The summed E-state index contributed by atoms with van der Waals surface area (Å²) in [6.07, 6.45) is 1.65. The summed E-state index contributed by atoms with van der Waals surface area (Å²) < 4.78 is 0. The standard InChI is InChI=1S/C11H9N5OS/c1-5(17)7-2-3-8(18-7)9-6-4-13-16-10(6)15-11(12)14-9/h2-4H,1H3,(H3,12,13,14,15,16). The number of ketones is 1. The van der Waals surface area contributed by atoms with Gasteiger partial charge in [0.2, 0.25) is 5.95 Å². The number of nitrogens with two attached hydrogens (primary N) is 1. The van der Waals surface area contributed by atoms with Gasteiger partial charge in [-0.2, -0.15) is 10.1 Å². The second-order valence-electron chi connectivity index (χ2n) is 3.78. The highest BCUT2D eigenvalue weighted by Crippen LogP contribution is 2.31. The fourth-order valence-corrected chi connectivity index (χ4v) is 2.60. The number of nitrogens with one attached hydrogen (secondary N) is 1. The predicted octanol–water partition coefficient (Wildman–Crippen LogP) is 1.87. The molecule has 0 saturated heterocycles. The highest BCUT2D eigenvalue weighted by atomic mass is 32.1. The average molecular weight is 259 g/mol. The molecule has 0 unspecified atom stereocenters. The molecule has 0 aliphatic rings. The first-order valence-electron chi connectivity index (χ1n) is 5.23. The van der Waals surface area contributed by atoms with E-state index in [9.17, 15) is 4.79 Å². The van der Waals surface area contributed by atoms with Crippen molar-refractivity contribution in [3.8, 4) is 10.6 Å². The van der Waals surface area contributed by atoms with Crippen molar-refractivity contribution in [2.75, 3.05) is 5.73 Å². The SMILES string of the molecule is CC(=O)c1ccc(-c2nc(N)nc3[nH]ncc23)s1. The first-order valence-corrected chi connectivity index (χ1v) is 6.04. The fraction of sp³-hybridized carbons (Fsp3) is 0.0909. The Morgan fingerprint density at radius 1 is 1.39 bits per heavy atom. The molecule has 3 N–H and O–H groups in total. The summed E-state index contributed by atoms with van der Waals surface area (Å²) in [5, 5.41) is 7.47. The normalized spacial score (nSPS) is 10.9. The van der Waals surface area contributed by atoms with Crippen molar-refractivity contribution in [3.63, 3.8) is 0 Å². The van der Waals surface area contributed by atoms with Crippen LogP contribution in [-0.4, -0.2) is 25.9 Å². The van der Waals surface area contributed by atoms with Crippen LogP contribution in [0.3, 0.4) is 0 Å². The number of nitrogens with zero attached hydrogens (tertiary/aromatic N) is 3. The number of Topliss-reactive ketones (excluding diaryl/α,β-unsaturated/α-hetero) is 1. The molecule has 18 heavy (non-hydrogen) atoms. The van der Waals surface area contributed by atoms with E-state index in [0.717, 1.165) is 10.3 Å². The van der Waals surface area contributed by atoms with Crippen molar-refractivity contribution in [2.45, 2.75) is 6.92 Å². The molecule has 3 heterocycles. The molecule has 0 aromatic carbocycles. The summed E-state index contributed by atoms with van der Waals surface area (Å²) in [4.78, 5) is 21.1. The summed E-state index contributed by atoms with van der Waals surface area (Å²) in [6.45, 7) is 1.54. The molecule has 0 fully saturated rings. The average Bonchev–Trinajstić information content (AvgIpc) is 2.95. The monoisotopic (exact) mass is 259 g/mol. The molecule has 0 radical (unpaired) electrons. The summed E-state index contributed by atoms with van der Waals surface area (Å²) >= 11 is 1.38. The van der Waals surface area contributed by atoms with E-state index in [2.05, 4.69) is 20.2 Å². The zero-order valence-electron chi connectivity index (χ0n) is 9.47. The molecule has 0 saturated carbocycles. The van der Waals surface area contributed by atoms with Crippen LogP contribution in [0.2, 0.25) is 0 Å². The van der Waals surface area contributed by atoms with Gasteiger partial charge in [-0.25, -0.2) is 4.98 Å². The number of aromatic nitrogens is 4. The molecule has 0 spiro atoms. The van der Waals surface area contributed by atoms with Crippen molar-refractivity contribution < 1.29 is 4.79 Å². The Morgan fingerprint density at radius 3 is 2.94 bits per heavy atom. The van der Waals surface area contributed by atoms with Crippen molar-refractivity contribution in [1.82, 2.24) is 20.2 Å². The molecule has 3 rings (SSSR count). The Bertz CT molecular complexity index is 745. The summed E-state index contributed by atoms with van der Waals surface area (Å²) in [5.74, 6) is 0.219. The van der Waals surface area contributed by atoms with Crippen molar-refractivity contribution in [3.05, 3.63) is 23.2 Å². The summed E-state index contributed by atoms with van der Waals surface area (Å²) in [5.41, 5.74) is 6.95. The Morgan fingerprint density at radius 2 is 2.22 bits per heavy atom. The van der Waals surface area contributed by atoms with E-state index < -0.39 is 0 Å². The van der Waals surface area contributed by atoms with Crippen LogP contribution in [0.15, 0.2) is 18.3 Å². The van der Waals surface area contributed by atoms with Gasteiger partial charge in [-0.15, -0.1) is 11.3 Å². The van der Waals surface area contributed by atoms with Crippen LogP contribution in [-0.2, 0) is 0 Å². The Balaban J connectivity index is 2.23. The van der Waals surface area contributed by atoms with Crippen LogP contribution >= 0.6 is 11.3 Å². The van der Waals surface area contributed by atoms with E-state index in [1.807, 2.05) is 6.07 Å². The number of carbonyl (C=O) groups excluding carboxylic acids is 1. The number of hydrogen-bond donors (Lipinski definition) is 2. The lowest BCUT2D eigenvalue weighted by molar-refractivity contribution is 0.102. The smallest absolute Gasteiger partial charge is 0.222 e. The number of carbonyl (C=O) groups is 1. The van der Waals surface area contributed by atoms with E-state index in [4.69, 9.17) is 5.73 Å². The Labute approximate surface area is 106 Å². The van der Waals surface area contributed by atoms with Crippen molar-refractivity contribution in [1.29, 1.82) is 0 Å². The molecule has 3 aromatic rings. The van der Waals surface area contributed by atoms with E-state index in [1.54, 1.807) is 12.3 Å². The maximum absolute atomic E-state index is 11.3. The van der Waals surface area contributed by atoms with Gasteiger partial charge >= 0.3 is 0 Å². The summed E-state index contributed by atoms with van der Waals surface area (Å²) in [6, 6.07) is 3.64. The highest BCUT2D eigenvalue weighted by Gasteiger charge is 2.13. The van der Waals surface area contributed by atoms with E-state index >= 15 is 0 Å². The van der Waals surface area contributed by atoms with Crippen LogP contribution < -0.4 is 5.73 Å². The minimum absolute atomic E-state index is 0.0386. The van der Waals surface area contributed by atoms with E-state index in [-0.39, 0.29) is 11.7 Å². The van der Waals surface area contributed by atoms with Crippen LogP contribution in [0.5, 0.6) is 0 Å². The maximum Gasteiger partial charge on any atom is 0.222 e. The van der Waals surface area contributed by atoms with Gasteiger partial charge in [-0.3, -0.25) is 9.89 Å². The van der Waals surface area contributed by atoms with Crippen LogP contribution in [0.25, 0.3) is 21.6 Å². The van der Waals surface area contributed by atoms with Gasteiger partial charge in [0.15, 0.2) is 11.4 Å². The van der Waals surface area contributed by atoms with Gasteiger partial charge in [0, 0.05) is 0 Å². The van der Waals surface area contributed by atoms with E-state index in [1.165, 1.54) is 18.3 Å². The van der Waals surface area contributed by atoms with Crippen LogP contribution in [0.4, 0.5) is 5.95 Å². The first-order chi connectivity index (χ1) is 8.65. The number of fused-ring (bicyclic) bond motifs is 1. The Hall–Kier alpha value is -2.28. The third-order valence-electron chi connectivity index (χ3n) is 2.51. The zero-order valence-corrected chi connectivity index (χ0v) is 10.3. The highest BCUT2D eigenvalue weighted by molar-refractivity contribution is 7.17. The molecular formula is C11H9N5OS. The van der Waals surface area contributed by atoms with Gasteiger partial charge < -0.3 is 5.73 Å². The van der Waals surface area contributed by atoms with Gasteiger partial charge in [-0.1, -0.05) is 0 Å². The number of rotatable bonds is 2. The number of aromatic amines is 1. The van der Waals surface area contributed by atoms with Gasteiger partial charge in [0.1, 0.15) is 0 Å². The number of anilines is 1. The number of thiophene rings is 1. The quantitative estimate of drug-likeness (QED) is 0.684. The lowest BCUT2D eigenvalue weighted by atomic mass is 10.2. The van der Waals surface area contributed by atoms with Crippen molar-refractivity contribution >= 4 is 34.1 Å². The van der Waals surface area contributed by atoms with Crippen molar-refractivity contribution in [2.24, 2.45) is 0 Å². The summed E-state index contributed by atoms with van der Waals surface area (Å²) in [7, 11) is 0. The van der Waals surface area contributed by atoms with Crippen LogP contribution in [0.1, 0.15) is 16.6 Å². The lowest BCUT2D eigenvalue weighted by Gasteiger charge is -1.99. The molecule has 3 aromatic heterocycles. The molecule has 0 bridgehead atoms. The predicted molar refractivity (Wildman–Crippen MR) is 69.4 cm³/mol. The molecule has 90 valence electrons. The van der Waals surface area contributed by atoms with Gasteiger partial charge in [0.25, 0.3) is 0 Å². The second-order valence-corrected chi connectivity index (χ2v) is 4.87.